The molecule has 0 saturated heterocycles. The first-order valence-electron chi connectivity index (χ1n) is 7.00. The molecule has 0 unspecified atom stereocenters. The van der Waals surface area contributed by atoms with Crippen LogP contribution in [0.1, 0.15) is 20.8 Å². The molecule has 1 aromatic heterocycles. The van der Waals surface area contributed by atoms with Crippen LogP contribution < -0.4 is 10.6 Å². The van der Waals surface area contributed by atoms with Crippen LogP contribution in [0, 0.1) is 0 Å². The van der Waals surface area contributed by atoms with E-state index < -0.39 is 5.91 Å². The minimum atomic E-state index is -0.401. The van der Waals surface area contributed by atoms with Crippen molar-refractivity contribution in [2.24, 2.45) is 0 Å². The minimum absolute atomic E-state index is 0.142. The Bertz CT molecular complexity index is 733. The number of methoxy groups -OCH3 is 1. The monoisotopic (exact) mass is 367 g/mol. The molecule has 8 heteroatoms. The van der Waals surface area contributed by atoms with Crippen molar-refractivity contribution in [1.29, 1.82) is 0 Å². The highest BCUT2D eigenvalue weighted by Crippen LogP contribution is 2.22. The molecule has 0 bridgehead atoms. The average molecular weight is 368 g/mol. The number of amides is 2. The molecule has 24 heavy (non-hydrogen) atoms. The molecule has 0 atom stereocenters. The zero-order valence-corrected chi connectivity index (χ0v) is 14.3. The second kappa shape index (κ2) is 8.63. The van der Waals surface area contributed by atoms with Crippen molar-refractivity contribution in [3.8, 4) is 0 Å². The van der Waals surface area contributed by atoms with Crippen LogP contribution in [-0.2, 0) is 4.74 Å². The molecule has 1 heterocycles. The zero-order valence-electron chi connectivity index (χ0n) is 12.8. The van der Waals surface area contributed by atoms with Crippen LogP contribution in [-0.4, -0.2) is 37.1 Å². The van der Waals surface area contributed by atoms with Crippen LogP contribution in [0.2, 0.25) is 10.0 Å². The second-order valence-corrected chi connectivity index (χ2v) is 5.66. The van der Waals surface area contributed by atoms with Crippen molar-refractivity contribution in [1.82, 2.24) is 10.3 Å². The Morgan fingerprint density at radius 3 is 2.50 bits per heavy atom. The van der Waals surface area contributed by atoms with Crippen LogP contribution in [0.15, 0.2) is 36.5 Å². The molecule has 0 fully saturated rings. The molecule has 126 valence electrons. The van der Waals surface area contributed by atoms with Gasteiger partial charge in [0.15, 0.2) is 0 Å². The Balaban J connectivity index is 2.09. The third-order valence-electron chi connectivity index (χ3n) is 2.97. The third kappa shape index (κ3) is 5.19. The largest absolute Gasteiger partial charge is 0.383 e. The molecule has 1 aromatic carbocycles. The van der Waals surface area contributed by atoms with Gasteiger partial charge >= 0.3 is 0 Å². The lowest BCUT2D eigenvalue weighted by atomic mass is 10.2. The summed E-state index contributed by atoms with van der Waals surface area (Å²) in [6.45, 7) is 0.746. The number of pyridine rings is 1. The van der Waals surface area contributed by atoms with Crippen molar-refractivity contribution in [2.75, 3.05) is 25.6 Å². The molecular formula is C16H15Cl2N3O3. The number of ether oxygens (including phenoxy) is 1. The number of hydrogen-bond acceptors (Lipinski definition) is 4. The van der Waals surface area contributed by atoms with Gasteiger partial charge < -0.3 is 15.4 Å². The van der Waals surface area contributed by atoms with Crippen LogP contribution in [0.3, 0.4) is 0 Å². The van der Waals surface area contributed by atoms with Gasteiger partial charge in [0.25, 0.3) is 11.8 Å². The molecule has 0 saturated carbocycles. The van der Waals surface area contributed by atoms with E-state index in [0.717, 1.165) is 0 Å². The first kappa shape index (κ1) is 18.2. The number of rotatable bonds is 6. The van der Waals surface area contributed by atoms with E-state index in [1.807, 2.05) is 0 Å². The third-order valence-corrected chi connectivity index (χ3v) is 3.40. The Morgan fingerprint density at radius 1 is 1.12 bits per heavy atom. The van der Waals surface area contributed by atoms with Gasteiger partial charge in [0.1, 0.15) is 5.69 Å². The second-order valence-electron chi connectivity index (χ2n) is 4.79. The normalized spacial score (nSPS) is 10.3. The van der Waals surface area contributed by atoms with Gasteiger partial charge in [-0.25, -0.2) is 0 Å². The molecule has 0 aliphatic carbocycles. The zero-order chi connectivity index (χ0) is 17.5. The maximum Gasteiger partial charge on any atom is 0.269 e. The summed E-state index contributed by atoms with van der Waals surface area (Å²) in [4.78, 5) is 28.2. The Labute approximate surface area is 149 Å². The lowest BCUT2D eigenvalue weighted by Gasteiger charge is -2.08. The Morgan fingerprint density at radius 2 is 1.83 bits per heavy atom. The molecule has 6 nitrogen and oxygen atoms in total. The lowest BCUT2D eigenvalue weighted by molar-refractivity contribution is 0.0932. The van der Waals surface area contributed by atoms with Crippen molar-refractivity contribution < 1.29 is 14.3 Å². The smallest absolute Gasteiger partial charge is 0.269 e. The lowest BCUT2D eigenvalue weighted by Crippen LogP contribution is -2.28. The Hall–Kier alpha value is -2.15. The van der Waals surface area contributed by atoms with Gasteiger partial charge in [-0.05, 0) is 30.3 Å². The van der Waals surface area contributed by atoms with Crippen molar-refractivity contribution in [3.63, 3.8) is 0 Å². The molecule has 0 spiro atoms. The van der Waals surface area contributed by atoms with Gasteiger partial charge in [0.05, 0.1) is 6.61 Å². The van der Waals surface area contributed by atoms with Gasteiger partial charge in [-0.1, -0.05) is 23.2 Å². The minimum Gasteiger partial charge on any atom is -0.383 e. The van der Waals surface area contributed by atoms with Crippen molar-refractivity contribution in [2.45, 2.75) is 0 Å². The fraction of sp³-hybridized carbons (Fsp3) is 0.188. The van der Waals surface area contributed by atoms with Gasteiger partial charge in [0, 0.05) is 41.1 Å². The SMILES string of the molecule is COCCNC(=O)c1cc(C(=O)Nc2cc(Cl)cc(Cl)c2)ccn1. The number of carbonyl (C=O) groups is 2. The summed E-state index contributed by atoms with van der Waals surface area (Å²) < 4.78 is 4.85. The number of hydrogen-bond donors (Lipinski definition) is 2. The summed E-state index contributed by atoms with van der Waals surface area (Å²) >= 11 is 11.8. The predicted octanol–water partition coefficient (Wildman–Crippen LogP) is 3.02. The Kier molecular flexibility index (Phi) is 6.54. The molecule has 0 aliphatic rings. The van der Waals surface area contributed by atoms with E-state index in [1.165, 1.54) is 25.4 Å². The number of aromatic nitrogens is 1. The van der Waals surface area contributed by atoms with Crippen molar-refractivity contribution in [3.05, 3.63) is 57.8 Å². The van der Waals surface area contributed by atoms with E-state index in [0.29, 0.717) is 28.9 Å². The van der Waals surface area contributed by atoms with E-state index in [9.17, 15) is 9.59 Å². The fourth-order valence-electron chi connectivity index (χ4n) is 1.88. The number of nitrogens with zero attached hydrogens (tertiary/aromatic N) is 1. The highest BCUT2D eigenvalue weighted by atomic mass is 35.5. The molecule has 0 radical (unpaired) electrons. The van der Waals surface area contributed by atoms with Gasteiger partial charge in [-0.2, -0.15) is 0 Å². The van der Waals surface area contributed by atoms with E-state index >= 15 is 0 Å². The highest BCUT2D eigenvalue weighted by molar-refractivity contribution is 6.35. The molecule has 0 aliphatic heterocycles. The molecule has 2 N–H and O–H groups in total. The van der Waals surface area contributed by atoms with E-state index in [2.05, 4.69) is 15.6 Å². The van der Waals surface area contributed by atoms with Crippen LogP contribution >= 0.6 is 23.2 Å². The standard InChI is InChI=1S/C16H15Cl2N3O3/c1-24-5-4-20-16(23)14-6-10(2-3-19-14)15(22)21-13-8-11(17)7-12(18)9-13/h2-3,6-9H,4-5H2,1H3,(H,20,23)(H,21,22). The quantitative estimate of drug-likeness (QED) is 0.769. The van der Waals surface area contributed by atoms with Crippen LogP contribution in [0.4, 0.5) is 5.69 Å². The number of benzene rings is 1. The number of nitrogens with one attached hydrogen (secondary N) is 2. The van der Waals surface area contributed by atoms with Gasteiger partial charge in [0.2, 0.25) is 0 Å². The molecule has 2 aromatic rings. The van der Waals surface area contributed by atoms with E-state index in [-0.39, 0.29) is 17.2 Å². The average Bonchev–Trinajstić information content (AvgIpc) is 2.54. The first-order chi connectivity index (χ1) is 11.5. The fourth-order valence-corrected chi connectivity index (χ4v) is 2.41. The number of halogens is 2. The van der Waals surface area contributed by atoms with Crippen LogP contribution in [0.25, 0.3) is 0 Å². The van der Waals surface area contributed by atoms with Gasteiger partial charge in [-0.3, -0.25) is 14.6 Å². The maximum atomic E-state index is 12.3. The molecule has 2 amide bonds. The van der Waals surface area contributed by atoms with Gasteiger partial charge in [-0.15, -0.1) is 0 Å². The molecule has 2 rings (SSSR count). The maximum absolute atomic E-state index is 12.3. The highest BCUT2D eigenvalue weighted by Gasteiger charge is 2.12. The number of anilines is 1. The summed E-state index contributed by atoms with van der Waals surface area (Å²) in [6, 6.07) is 7.63. The van der Waals surface area contributed by atoms with E-state index in [4.69, 9.17) is 27.9 Å². The summed E-state index contributed by atoms with van der Waals surface area (Å²) in [6.07, 6.45) is 1.39. The summed E-state index contributed by atoms with van der Waals surface area (Å²) in [7, 11) is 1.54. The number of carbonyl (C=O) groups excluding carboxylic acids is 2. The van der Waals surface area contributed by atoms with E-state index in [1.54, 1.807) is 18.2 Å². The summed E-state index contributed by atoms with van der Waals surface area (Å²) in [5.41, 5.74) is 0.890. The van der Waals surface area contributed by atoms with Crippen molar-refractivity contribution >= 4 is 40.7 Å². The predicted molar refractivity (Wildman–Crippen MR) is 92.9 cm³/mol. The summed E-state index contributed by atoms with van der Waals surface area (Å²) in [5, 5.41) is 6.12. The van der Waals surface area contributed by atoms with Crippen LogP contribution in [0.5, 0.6) is 0 Å². The summed E-state index contributed by atoms with van der Waals surface area (Å²) in [5.74, 6) is -0.783. The first-order valence-corrected chi connectivity index (χ1v) is 7.76. The molecular weight excluding hydrogens is 353 g/mol. The topological polar surface area (TPSA) is 80.3 Å².